The topological polar surface area (TPSA) is 144 Å². The van der Waals surface area contributed by atoms with Gasteiger partial charge in [-0.05, 0) is 12.8 Å². The van der Waals surface area contributed by atoms with Crippen LogP contribution < -0.4 is 0 Å². The van der Waals surface area contributed by atoms with Crippen LogP contribution in [0.4, 0.5) is 0 Å². The highest BCUT2D eigenvalue weighted by atomic mass is 16.6. The maximum absolute atomic E-state index is 11.7. The van der Waals surface area contributed by atoms with E-state index in [1.807, 2.05) is 0 Å². The summed E-state index contributed by atoms with van der Waals surface area (Å²) in [6.45, 7) is 2.69. The van der Waals surface area contributed by atoms with E-state index in [9.17, 15) is 20.1 Å². The standard InChI is InChI=1S/C26H50O10/c1-2-3-4-5-6-7-8-9-10-21(26(30)31)11-15-32-19-22(33-16-12-27)25-24(35-18-14-29)23(20-36-25)34-17-13-28/h21-25,27-29H,2-20H2,1H3,(H,30,31). The van der Waals surface area contributed by atoms with Crippen LogP contribution in [0.1, 0.15) is 71.1 Å². The van der Waals surface area contributed by atoms with Crippen molar-refractivity contribution < 1.29 is 48.9 Å². The lowest BCUT2D eigenvalue weighted by Gasteiger charge is -2.29. The van der Waals surface area contributed by atoms with E-state index in [-0.39, 0.29) is 59.5 Å². The first kappa shape index (κ1) is 33.2. The van der Waals surface area contributed by atoms with E-state index < -0.39 is 36.3 Å². The highest BCUT2D eigenvalue weighted by Gasteiger charge is 2.44. The van der Waals surface area contributed by atoms with E-state index in [4.69, 9.17) is 28.8 Å². The molecule has 10 heteroatoms. The third-order valence-corrected chi connectivity index (χ3v) is 6.41. The molecule has 0 aromatic rings. The van der Waals surface area contributed by atoms with Gasteiger partial charge in [0.25, 0.3) is 0 Å². The summed E-state index contributed by atoms with van der Waals surface area (Å²) in [4.78, 5) is 11.7. The van der Waals surface area contributed by atoms with Crippen LogP contribution in [0.25, 0.3) is 0 Å². The molecule has 0 spiro atoms. The van der Waals surface area contributed by atoms with Crippen LogP contribution in [0, 0.1) is 5.92 Å². The largest absolute Gasteiger partial charge is 0.481 e. The van der Waals surface area contributed by atoms with E-state index in [2.05, 4.69) is 6.92 Å². The summed E-state index contributed by atoms with van der Waals surface area (Å²) in [7, 11) is 0. The number of rotatable bonds is 25. The van der Waals surface area contributed by atoms with Crippen molar-refractivity contribution in [2.45, 2.75) is 95.5 Å². The van der Waals surface area contributed by atoms with E-state index in [1.165, 1.54) is 32.1 Å². The summed E-state index contributed by atoms with van der Waals surface area (Å²) in [6.07, 6.45) is 8.36. The molecular weight excluding hydrogens is 472 g/mol. The Bertz CT molecular complexity index is 521. The van der Waals surface area contributed by atoms with Gasteiger partial charge in [-0.15, -0.1) is 0 Å². The molecule has 0 saturated carbocycles. The third-order valence-electron chi connectivity index (χ3n) is 6.41. The average Bonchev–Trinajstić information content (AvgIpc) is 3.27. The van der Waals surface area contributed by atoms with Crippen molar-refractivity contribution in [3.8, 4) is 0 Å². The molecule has 5 unspecified atom stereocenters. The molecular formula is C26H50O10. The minimum Gasteiger partial charge on any atom is -0.481 e. The molecule has 0 radical (unpaired) electrons. The van der Waals surface area contributed by atoms with Crippen molar-refractivity contribution in [3.63, 3.8) is 0 Å². The number of hydrogen-bond donors (Lipinski definition) is 4. The number of carbonyl (C=O) groups is 1. The quantitative estimate of drug-likeness (QED) is 0.132. The fourth-order valence-corrected chi connectivity index (χ4v) is 4.45. The van der Waals surface area contributed by atoms with Crippen LogP contribution in [0.5, 0.6) is 0 Å². The molecule has 5 atom stereocenters. The first-order chi connectivity index (χ1) is 17.6. The first-order valence-electron chi connectivity index (χ1n) is 13.7. The summed E-state index contributed by atoms with van der Waals surface area (Å²) in [5.74, 6) is -1.24. The predicted molar refractivity (Wildman–Crippen MR) is 134 cm³/mol. The van der Waals surface area contributed by atoms with Crippen LogP contribution in [0.3, 0.4) is 0 Å². The third kappa shape index (κ3) is 14.2. The van der Waals surface area contributed by atoms with Crippen molar-refractivity contribution >= 4 is 5.97 Å². The van der Waals surface area contributed by atoms with Gasteiger partial charge in [-0.3, -0.25) is 4.79 Å². The summed E-state index contributed by atoms with van der Waals surface area (Å²) >= 11 is 0. The number of aliphatic hydroxyl groups excluding tert-OH is 3. The van der Waals surface area contributed by atoms with Gasteiger partial charge >= 0.3 is 5.97 Å². The van der Waals surface area contributed by atoms with Gasteiger partial charge in [0.05, 0.1) is 58.8 Å². The van der Waals surface area contributed by atoms with Crippen molar-refractivity contribution in [2.75, 3.05) is 59.5 Å². The zero-order valence-electron chi connectivity index (χ0n) is 22.1. The summed E-state index contributed by atoms with van der Waals surface area (Å²) < 4.78 is 28.8. The first-order valence-corrected chi connectivity index (χ1v) is 13.7. The molecule has 0 amide bonds. The van der Waals surface area contributed by atoms with Crippen molar-refractivity contribution in [1.82, 2.24) is 0 Å². The van der Waals surface area contributed by atoms with Crippen LogP contribution in [-0.4, -0.2) is 110 Å². The number of unbranched alkanes of at least 4 members (excludes halogenated alkanes) is 7. The minimum atomic E-state index is -0.796. The van der Waals surface area contributed by atoms with Crippen LogP contribution in [0.15, 0.2) is 0 Å². The van der Waals surface area contributed by atoms with Gasteiger partial charge in [0.15, 0.2) is 0 Å². The average molecular weight is 523 g/mol. The number of carboxylic acid groups (broad SMARTS) is 1. The number of carboxylic acids is 1. The van der Waals surface area contributed by atoms with Crippen LogP contribution in [-0.2, 0) is 28.5 Å². The van der Waals surface area contributed by atoms with Gasteiger partial charge in [0.2, 0.25) is 0 Å². The molecule has 1 fully saturated rings. The van der Waals surface area contributed by atoms with E-state index in [0.717, 1.165) is 19.3 Å². The van der Waals surface area contributed by atoms with Gasteiger partial charge < -0.3 is 44.1 Å². The summed E-state index contributed by atoms with van der Waals surface area (Å²) in [6, 6.07) is 0. The van der Waals surface area contributed by atoms with E-state index in [0.29, 0.717) is 12.8 Å². The Morgan fingerprint density at radius 1 is 0.861 bits per heavy atom. The predicted octanol–water partition coefficient (Wildman–Crippen LogP) is 2.16. The number of hydrogen-bond acceptors (Lipinski definition) is 9. The maximum atomic E-state index is 11.7. The Hall–Kier alpha value is -0.850. The number of aliphatic hydroxyl groups is 3. The lowest BCUT2D eigenvalue weighted by molar-refractivity contribution is -0.144. The molecule has 1 saturated heterocycles. The second-order valence-corrected chi connectivity index (χ2v) is 9.28. The lowest BCUT2D eigenvalue weighted by atomic mass is 9.97. The highest BCUT2D eigenvalue weighted by Crippen LogP contribution is 2.25. The Kier molecular flexibility index (Phi) is 20.4. The highest BCUT2D eigenvalue weighted by molar-refractivity contribution is 5.69. The number of ether oxygens (including phenoxy) is 5. The zero-order chi connectivity index (χ0) is 26.4. The zero-order valence-corrected chi connectivity index (χ0v) is 22.1. The SMILES string of the molecule is CCCCCCCCCCC(CCOCC(OCCO)C1OCC(OCCO)C1OCCO)C(=O)O. The minimum absolute atomic E-state index is 0.0823. The fourth-order valence-electron chi connectivity index (χ4n) is 4.45. The van der Waals surface area contributed by atoms with Crippen molar-refractivity contribution in [1.29, 1.82) is 0 Å². The molecule has 36 heavy (non-hydrogen) atoms. The van der Waals surface area contributed by atoms with Gasteiger partial charge in [-0.2, -0.15) is 0 Å². The summed E-state index contributed by atoms with van der Waals surface area (Å²) in [5, 5.41) is 37.1. The van der Waals surface area contributed by atoms with E-state index in [1.54, 1.807) is 0 Å². The van der Waals surface area contributed by atoms with Crippen molar-refractivity contribution in [3.05, 3.63) is 0 Å². The second kappa shape index (κ2) is 22.2. The maximum Gasteiger partial charge on any atom is 0.306 e. The molecule has 1 aliphatic rings. The molecule has 1 aliphatic heterocycles. The Morgan fingerprint density at radius 3 is 2.14 bits per heavy atom. The van der Waals surface area contributed by atoms with Crippen molar-refractivity contribution in [2.24, 2.45) is 5.92 Å². The Labute approximate surface area is 216 Å². The molecule has 1 rings (SSSR count). The molecule has 214 valence electrons. The molecule has 1 heterocycles. The normalized spacial score (nSPS) is 21.6. The molecule has 0 aromatic heterocycles. The molecule has 0 aromatic carbocycles. The Morgan fingerprint density at radius 2 is 1.50 bits per heavy atom. The Balaban J connectivity index is 2.47. The van der Waals surface area contributed by atoms with Crippen LogP contribution >= 0.6 is 0 Å². The number of aliphatic carboxylic acids is 1. The fraction of sp³-hybridized carbons (Fsp3) is 0.962. The second-order valence-electron chi connectivity index (χ2n) is 9.28. The van der Waals surface area contributed by atoms with E-state index >= 15 is 0 Å². The van der Waals surface area contributed by atoms with Gasteiger partial charge in [-0.25, -0.2) is 0 Å². The van der Waals surface area contributed by atoms with Gasteiger partial charge in [0.1, 0.15) is 24.4 Å². The molecule has 0 bridgehead atoms. The lowest BCUT2D eigenvalue weighted by Crippen LogP contribution is -2.45. The van der Waals surface area contributed by atoms with Gasteiger partial charge in [0, 0.05) is 6.61 Å². The van der Waals surface area contributed by atoms with Crippen LogP contribution in [0.2, 0.25) is 0 Å². The summed E-state index contributed by atoms with van der Waals surface area (Å²) in [5.41, 5.74) is 0. The smallest absolute Gasteiger partial charge is 0.306 e. The van der Waals surface area contributed by atoms with Gasteiger partial charge in [-0.1, -0.05) is 58.3 Å². The monoisotopic (exact) mass is 522 g/mol. The molecule has 0 aliphatic carbocycles. The molecule has 4 N–H and O–H groups in total. The molecule has 10 nitrogen and oxygen atoms in total.